The lowest BCUT2D eigenvalue weighted by atomic mass is 9.97. The van der Waals surface area contributed by atoms with Gasteiger partial charge in [-0.15, -0.1) is 0 Å². The average molecular weight is 225 g/mol. The van der Waals surface area contributed by atoms with E-state index >= 15 is 0 Å². The number of nitrogens with two attached hydrogens (primary N) is 1. The first-order valence-corrected chi connectivity index (χ1v) is 4.95. The minimum Gasteiger partial charge on any atom is -0.507 e. The largest absolute Gasteiger partial charge is 0.507 e. The second kappa shape index (κ2) is 5.60. The fourth-order valence-corrected chi connectivity index (χ4v) is 1.49. The van der Waals surface area contributed by atoms with Gasteiger partial charge in [0.15, 0.2) is 6.29 Å². The number of hydrogen-bond acceptors (Lipinski definition) is 5. The Morgan fingerprint density at radius 3 is 2.62 bits per heavy atom. The maximum absolute atomic E-state index is 10.8. The van der Waals surface area contributed by atoms with Crippen molar-refractivity contribution in [1.82, 2.24) is 0 Å². The molecular formula is C11H15NO4. The van der Waals surface area contributed by atoms with Crippen LogP contribution in [0.5, 0.6) is 5.75 Å². The Hall–Kier alpha value is -1.43. The number of aldehydes is 1. The molecule has 0 amide bonds. The Bertz CT molecular complexity index is 367. The summed E-state index contributed by atoms with van der Waals surface area (Å²) >= 11 is 0. The van der Waals surface area contributed by atoms with Crippen LogP contribution >= 0.6 is 0 Å². The number of carbonyl (C=O) groups is 1. The Labute approximate surface area is 93.1 Å². The number of aliphatic hydroxyl groups is 2. The van der Waals surface area contributed by atoms with E-state index in [1.165, 1.54) is 18.2 Å². The lowest BCUT2D eigenvalue weighted by molar-refractivity contribution is 0.0146. The van der Waals surface area contributed by atoms with Crippen LogP contribution in [-0.2, 0) is 0 Å². The van der Waals surface area contributed by atoms with Gasteiger partial charge < -0.3 is 21.1 Å². The summed E-state index contributed by atoms with van der Waals surface area (Å²) in [6.45, 7) is 0.230. The highest BCUT2D eigenvalue weighted by Gasteiger charge is 2.21. The van der Waals surface area contributed by atoms with Crippen LogP contribution in [0.2, 0.25) is 0 Å². The van der Waals surface area contributed by atoms with Crippen LogP contribution < -0.4 is 5.73 Å². The van der Waals surface area contributed by atoms with Gasteiger partial charge in [-0.3, -0.25) is 4.79 Å². The molecule has 16 heavy (non-hydrogen) atoms. The minimum absolute atomic E-state index is 0.00827. The summed E-state index contributed by atoms with van der Waals surface area (Å²) < 4.78 is 0. The van der Waals surface area contributed by atoms with Crippen LogP contribution in [0.3, 0.4) is 0 Å². The number of phenolic OH excluding ortho intramolecular Hbond substituents is 1. The summed E-state index contributed by atoms with van der Waals surface area (Å²) in [5.41, 5.74) is 5.45. The van der Waals surface area contributed by atoms with Gasteiger partial charge in [0, 0.05) is 0 Å². The molecule has 0 aromatic heterocycles. The Kier molecular flexibility index (Phi) is 4.42. The topological polar surface area (TPSA) is 104 Å². The summed E-state index contributed by atoms with van der Waals surface area (Å²) in [4.78, 5) is 10.8. The molecule has 5 N–H and O–H groups in total. The van der Waals surface area contributed by atoms with Gasteiger partial charge in [-0.1, -0.05) is 12.1 Å². The van der Waals surface area contributed by atoms with Crippen molar-refractivity contribution in [3.8, 4) is 5.75 Å². The van der Waals surface area contributed by atoms with Gasteiger partial charge >= 0.3 is 0 Å². The summed E-state index contributed by atoms with van der Waals surface area (Å²) in [6.07, 6.45) is -1.61. The molecule has 0 radical (unpaired) electrons. The summed E-state index contributed by atoms with van der Waals surface area (Å²) in [5, 5.41) is 28.7. The van der Waals surface area contributed by atoms with Gasteiger partial charge in [-0.2, -0.15) is 0 Å². The molecule has 0 heterocycles. The zero-order valence-electron chi connectivity index (χ0n) is 8.71. The van der Waals surface area contributed by atoms with Crippen LogP contribution in [-0.4, -0.2) is 34.3 Å². The molecule has 88 valence electrons. The molecule has 0 aliphatic carbocycles. The molecular weight excluding hydrogens is 210 g/mol. The predicted molar refractivity (Wildman–Crippen MR) is 58.1 cm³/mol. The lowest BCUT2D eigenvalue weighted by Gasteiger charge is -2.19. The molecule has 5 nitrogen and oxygen atoms in total. The van der Waals surface area contributed by atoms with Gasteiger partial charge in [0.25, 0.3) is 0 Å². The van der Waals surface area contributed by atoms with E-state index in [1.54, 1.807) is 0 Å². The molecule has 0 spiro atoms. The van der Waals surface area contributed by atoms with E-state index < -0.39 is 12.2 Å². The normalized spacial score (nSPS) is 14.4. The van der Waals surface area contributed by atoms with Crippen LogP contribution in [0.25, 0.3) is 0 Å². The monoisotopic (exact) mass is 225 g/mol. The second-order valence-corrected chi connectivity index (χ2v) is 3.49. The predicted octanol–water partition coefficient (Wildman–Crippen LogP) is -0.0522. The van der Waals surface area contributed by atoms with Crippen molar-refractivity contribution in [3.63, 3.8) is 0 Å². The number of hydrogen-bond donors (Lipinski definition) is 4. The van der Waals surface area contributed by atoms with E-state index in [0.29, 0.717) is 6.29 Å². The van der Waals surface area contributed by atoms with E-state index in [0.717, 1.165) is 0 Å². The van der Waals surface area contributed by atoms with E-state index in [9.17, 15) is 20.1 Å². The molecule has 2 atom stereocenters. The van der Waals surface area contributed by atoms with Crippen molar-refractivity contribution in [2.24, 2.45) is 5.73 Å². The van der Waals surface area contributed by atoms with Crippen molar-refractivity contribution in [2.75, 3.05) is 6.54 Å². The van der Waals surface area contributed by atoms with Gasteiger partial charge in [-0.25, -0.2) is 0 Å². The molecule has 0 saturated carbocycles. The smallest absolute Gasteiger partial charge is 0.154 e. The van der Waals surface area contributed by atoms with Crippen LogP contribution in [0.4, 0.5) is 0 Å². The number of benzene rings is 1. The fourth-order valence-electron chi connectivity index (χ4n) is 1.49. The SMILES string of the molecule is NCCC(O)C(O)c1cccc(O)c1C=O. The van der Waals surface area contributed by atoms with E-state index in [-0.39, 0.29) is 29.8 Å². The summed E-state index contributed by atoms with van der Waals surface area (Å²) in [7, 11) is 0. The molecule has 0 aliphatic rings. The van der Waals surface area contributed by atoms with Crippen molar-refractivity contribution >= 4 is 6.29 Å². The first kappa shape index (κ1) is 12.6. The molecule has 2 unspecified atom stereocenters. The average Bonchev–Trinajstić information content (AvgIpc) is 2.28. The minimum atomic E-state index is -1.23. The third kappa shape index (κ3) is 2.57. The van der Waals surface area contributed by atoms with Crippen LogP contribution in [0.15, 0.2) is 18.2 Å². The zero-order valence-corrected chi connectivity index (χ0v) is 8.71. The Morgan fingerprint density at radius 2 is 2.06 bits per heavy atom. The highest BCUT2D eigenvalue weighted by molar-refractivity contribution is 5.81. The Balaban J connectivity index is 3.03. The number of carbonyl (C=O) groups excluding carboxylic acids is 1. The standard InChI is InChI=1S/C11H15NO4/c12-5-4-10(15)11(16)7-2-1-3-9(14)8(7)6-13/h1-3,6,10-11,14-16H,4-5,12H2. The number of aromatic hydroxyl groups is 1. The van der Waals surface area contributed by atoms with Gasteiger partial charge in [0.2, 0.25) is 0 Å². The lowest BCUT2D eigenvalue weighted by Crippen LogP contribution is -2.22. The highest BCUT2D eigenvalue weighted by atomic mass is 16.3. The van der Waals surface area contributed by atoms with E-state index in [4.69, 9.17) is 5.73 Å². The molecule has 1 aromatic carbocycles. The Morgan fingerprint density at radius 1 is 1.38 bits per heavy atom. The van der Waals surface area contributed by atoms with Gasteiger partial charge in [0.1, 0.15) is 11.9 Å². The first-order chi connectivity index (χ1) is 7.61. The number of aliphatic hydroxyl groups excluding tert-OH is 2. The number of rotatable bonds is 5. The molecule has 0 fully saturated rings. The van der Waals surface area contributed by atoms with Crippen molar-refractivity contribution in [2.45, 2.75) is 18.6 Å². The van der Waals surface area contributed by atoms with Crippen LogP contribution in [0.1, 0.15) is 28.4 Å². The van der Waals surface area contributed by atoms with E-state index in [2.05, 4.69) is 0 Å². The number of phenols is 1. The molecule has 1 aromatic rings. The molecule has 1 rings (SSSR count). The van der Waals surface area contributed by atoms with Crippen molar-refractivity contribution in [3.05, 3.63) is 29.3 Å². The van der Waals surface area contributed by atoms with Crippen LogP contribution in [0, 0.1) is 0 Å². The molecule has 0 saturated heterocycles. The molecule has 0 bridgehead atoms. The quantitative estimate of drug-likeness (QED) is 0.526. The van der Waals surface area contributed by atoms with Gasteiger partial charge in [0.05, 0.1) is 11.7 Å². The third-order valence-electron chi connectivity index (χ3n) is 2.38. The van der Waals surface area contributed by atoms with Gasteiger partial charge in [-0.05, 0) is 24.6 Å². The first-order valence-electron chi connectivity index (χ1n) is 4.95. The molecule has 5 heteroatoms. The maximum Gasteiger partial charge on any atom is 0.154 e. The van der Waals surface area contributed by atoms with E-state index in [1.807, 2.05) is 0 Å². The molecule has 0 aliphatic heterocycles. The summed E-state index contributed by atoms with van der Waals surface area (Å²) in [5.74, 6) is -0.216. The highest BCUT2D eigenvalue weighted by Crippen LogP contribution is 2.27. The maximum atomic E-state index is 10.8. The van der Waals surface area contributed by atoms with Crippen molar-refractivity contribution < 1.29 is 20.1 Å². The fraction of sp³-hybridized carbons (Fsp3) is 0.364. The summed E-state index contributed by atoms with van der Waals surface area (Å²) in [6, 6.07) is 4.32. The zero-order chi connectivity index (χ0) is 12.1. The third-order valence-corrected chi connectivity index (χ3v) is 2.38. The second-order valence-electron chi connectivity index (χ2n) is 3.49. The van der Waals surface area contributed by atoms with Crippen molar-refractivity contribution in [1.29, 1.82) is 0 Å².